The van der Waals surface area contributed by atoms with Crippen molar-refractivity contribution in [2.24, 2.45) is 11.8 Å². The summed E-state index contributed by atoms with van der Waals surface area (Å²) in [5.41, 5.74) is 0. The van der Waals surface area contributed by atoms with Crippen LogP contribution < -0.4 is 5.32 Å². The van der Waals surface area contributed by atoms with Gasteiger partial charge in [0, 0.05) is 0 Å². The zero-order valence-electron chi connectivity index (χ0n) is 11.6. The molecule has 1 fully saturated rings. The van der Waals surface area contributed by atoms with Crippen molar-refractivity contribution in [2.75, 3.05) is 13.2 Å². The standard InChI is InChI=1S/C13H23NO4/c1-5-17-12(15)10-7-11(13(16)18-6-2)9(4)14-8(10)3/h8-11,14H,5-7H2,1-4H3/p+1/t8-,9+,10-,11-/m0/s1. The van der Waals surface area contributed by atoms with Gasteiger partial charge >= 0.3 is 11.9 Å². The fourth-order valence-electron chi connectivity index (χ4n) is 2.57. The lowest BCUT2D eigenvalue weighted by atomic mass is 9.81. The smallest absolute Gasteiger partial charge is 0.314 e. The summed E-state index contributed by atoms with van der Waals surface area (Å²) < 4.78 is 10.1. The number of esters is 2. The summed E-state index contributed by atoms with van der Waals surface area (Å²) in [6.45, 7) is 8.34. The van der Waals surface area contributed by atoms with Crippen molar-refractivity contribution in [3.63, 3.8) is 0 Å². The lowest BCUT2D eigenvalue weighted by molar-refractivity contribution is -0.733. The minimum Gasteiger partial charge on any atom is -0.466 e. The molecule has 0 radical (unpaired) electrons. The van der Waals surface area contributed by atoms with E-state index in [0.29, 0.717) is 19.6 Å². The number of piperidine rings is 1. The number of carbonyl (C=O) groups excluding carboxylic acids is 2. The maximum absolute atomic E-state index is 11.8. The Morgan fingerprint density at radius 1 is 1.00 bits per heavy atom. The van der Waals surface area contributed by atoms with Gasteiger partial charge in [-0.1, -0.05) is 0 Å². The molecule has 0 saturated carbocycles. The van der Waals surface area contributed by atoms with E-state index in [-0.39, 0.29) is 35.9 Å². The molecule has 0 bridgehead atoms. The average Bonchev–Trinajstić information content (AvgIpc) is 2.29. The van der Waals surface area contributed by atoms with Gasteiger partial charge in [0.1, 0.15) is 11.8 Å². The van der Waals surface area contributed by atoms with Crippen molar-refractivity contribution in [1.82, 2.24) is 0 Å². The molecule has 0 aliphatic carbocycles. The molecule has 1 aliphatic heterocycles. The van der Waals surface area contributed by atoms with Gasteiger partial charge in [-0.2, -0.15) is 0 Å². The molecule has 104 valence electrons. The van der Waals surface area contributed by atoms with Crippen LogP contribution in [0.25, 0.3) is 0 Å². The molecule has 0 aromatic heterocycles. The maximum atomic E-state index is 11.8. The first-order chi connectivity index (χ1) is 8.51. The molecule has 2 N–H and O–H groups in total. The highest BCUT2D eigenvalue weighted by Gasteiger charge is 2.44. The Morgan fingerprint density at radius 2 is 1.39 bits per heavy atom. The van der Waals surface area contributed by atoms with Crippen molar-refractivity contribution in [2.45, 2.75) is 46.2 Å². The average molecular weight is 258 g/mol. The molecule has 1 heterocycles. The highest BCUT2D eigenvalue weighted by atomic mass is 16.5. The van der Waals surface area contributed by atoms with Gasteiger partial charge in [-0.15, -0.1) is 0 Å². The summed E-state index contributed by atoms with van der Waals surface area (Å²) in [7, 11) is 0. The number of hydrogen-bond donors (Lipinski definition) is 1. The van der Waals surface area contributed by atoms with Gasteiger partial charge in [0.2, 0.25) is 0 Å². The van der Waals surface area contributed by atoms with E-state index in [1.165, 1.54) is 0 Å². The zero-order valence-corrected chi connectivity index (χ0v) is 11.6. The van der Waals surface area contributed by atoms with E-state index in [2.05, 4.69) is 5.32 Å². The summed E-state index contributed by atoms with van der Waals surface area (Å²) in [4.78, 5) is 23.7. The van der Waals surface area contributed by atoms with Gasteiger partial charge < -0.3 is 14.8 Å². The van der Waals surface area contributed by atoms with Gasteiger partial charge in [0.15, 0.2) is 0 Å². The van der Waals surface area contributed by atoms with E-state index >= 15 is 0 Å². The van der Waals surface area contributed by atoms with Crippen LogP contribution in [-0.2, 0) is 19.1 Å². The first-order valence-electron chi connectivity index (χ1n) is 6.69. The van der Waals surface area contributed by atoms with Gasteiger partial charge in [-0.25, -0.2) is 0 Å². The lowest BCUT2D eigenvalue weighted by Crippen LogP contribution is -2.99. The van der Waals surface area contributed by atoms with E-state index in [1.807, 2.05) is 13.8 Å². The Labute approximate surface area is 108 Å². The Balaban J connectivity index is 2.71. The summed E-state index contributed by atoms with van der Waals surface area (Å²) in [5, 5.41) is 2.06. The SMILES string of the molecule is CCOC(=O)[C@H]1C[C@H](C(=O)OCC)[C@@H](C)[NH2+][C@H]1C. The van der Waals surface area contributed by atoms with E-state index in [0.717, 1.165) is 0 Å². The first kappa shape index (κ1) is 15.0. The highest BCUT2D eigenvalue weighted by molar-refractivity contribution is 5.77. The number of hydrogen-bond acceptors (Lipinski definition) is 4. The molecule has 1 aliphatic rings. The second kappa shape index (κ2) is 6.73. The third-order valence-electron chi connectivity index (χ3n) is 3.56. The fourth-order valence-corrected chi connectivity index (χ4v) is 2.57. The molecule has 0 unspecified atom stereocenters. The number of ether oxygens (including phenoxy) is 2. The molecule has 0 aromatic carbocycles. The Bertz CT molecular complexity index is 277. The molecule has 0 amide bonds. The van der Waals surface area contributed by atoms with E-state index < -0.39 is 0 Å². The van der Waals surface area contributed by atoms with Crippen LogP contribution >= 0.6 is 0 Å². The summed E-state index contributed by atoms with van der Waals surface area (Å²) in [5.74, 6) is -0.865. The third kappa shape index (κ3) is 3.45. The Kier molecular flexibility index (Phi) is 5.59. The summed E-state index contributed by atoms with van der Waals surface area (Å²) in [6, 6.07) is 0.287. The Hall–Kier alpha value is -1.10. The van der Waals surface area contributed by atoms with Gasteiger partial charge in [0.05, 0.1) is 25.3 Å². The molecule has 1 saturated heterocycles. The number of quaternary nitrogens is 1. The quantitative estimate of drug-likeness (QED) is 0.726. The second-order valence-corrected chi connectivity index (χ2v) is 4.86. The summed E-state index contributed by atoms with van der Waals surface area (Å²) >= 11 is 0. The van der Waals surface area contributed by atoms with Crippen LogP contribution in [0, 0.1) is 11.8 Å². The molecular weight excluding hydrogens is 234 g/mol. The number of nitrogens with two attached hydrogens (primary N) is 1. The molecule has 0 aromatic rings. The normalized spacial score (nSPS) is 31.8. The number of rotatable bonds is 4. The van der Waals surface area contributed by atoms with Crippen LogP contribution in [0.3, 0.4) is 0 Å². The zero-order chi connectivity index (χ0) is 13.7. The van der Waals surface area contributed by atoms with Crippen LogP contribution in [-0.4, -0.2) is 37.2 Å². The molecule has 0 spiro atoms. The third-order valence-corrected chi connectivity index (χ3v) is 3.56. The van der Waals surface area contributed by atoms with Crippen molar-refractivity contribution < 1.29 is 24.4 Å². The second-order valence-electron chi connectivity index (χ2n) is 4.86. The molecule has 18 heavy (non-hydrogen) atoms. The van der Waals surface area contributed by atoms with Gasteiger partial charge in [-0.3, -0.25) is 9.59 Å². The first-order valence-corrected chi connectivity index (χ1v) is 6.69. The van der Waals surface area contributed by atoms with Crippen molar-refractivity contribution in [3.05, 3.63) is 0 Å². The van der Waals surface area contributed by atoms with Gasteiger partial charge in [0.25, 0.3) is 0 Å². The highest BCUT2D eigenvalue weighted by Crippen LogP contribution is 2.23. The van der Waals surface area contributed by atoms with Crippen LogP contribution in [0.1, 0.15) is 34.1 Å². The largest absolute Gasteiger partial charge is 0.466 e. The van der Waals surface area contributed by atoms with Crippen molar-refractivity contribution in [3.8, 4) is 0 Å². The predicted molar refractivity (Wildman–Crippen MR) is 65.7 cm³/mol. The number of carbonyl (C=O) groups is 2. The Morgan fingerprint density at radius 3 is 1.72 bits per heavy atom. The van der Waals surface area contributed by atoms with Crippen molar-refractivity contribution in [1.29, 1.82) is 0 Å². The predicted octanol–water partition coefficient (Wildman–Crippen LogP) is 0.0891. The van der Waals surface area contributed by atoms with Crippen LogP contribution in [0.5, 0.6) is 0 Å². The summed E-state index contributed by atoms with van der Waals surface area (Å²) in [6.07, 6.45) is 0.524. The van der Waals surface area contributed by atoms with Crippen LogP contribution in [0.2, 0.25) is 0 Å². The molecule has 5 nitrogen and oxygen atoms in total. The van der Waals surface area contributed by atoms with Crippen LogP contribution in [0.15, 0.2) is 0 Å². The molecule has 4 atom stereocenters. The van der Waals surface area contributed by atoms with E-state index in [1.54, 1.807) is 13.8 Å². The topological polar surface area (TPSA) is 69.2 Å². The van der Waals surface area contributed by atoms with E-state index in [4.69, 9.17) is 9.47 Å². The molecular formula is C13H24NO4+. The van der Waals surface area contributed by atoms with Gasteiger partial charge in [-0.05, 0) is 34.1 Å². The maximum Gasteiger partial charge on any atom is 0.314 e. The van der Waals surface area contributed by atoms with E-state index in [9.17, 15) is 9.59 Å². The van der Waals surface area contributed by atoms with Crippen LogP contribution in [0.4, 0.5) is 0 Å². The lowest BCUT2D eigenvalue weighted by Gasteiger charge is -2.34. The van der Waals surface area contributed by atoms with Crippen molar-refractivity contribution >= 4 is 11.9 Å². The monoisotopic (exact) mass is 258 g/mol. The fraction of sp³-hybridized carbons (Fsp3) is 0.846. The molecule has 1 rings (SSSR count). The molecule has 5 heteroatoms. The minimum atomic E-state index is -0.226. The minimum absolute atomic E-state index is 0.143.